The van der Waals surface area contributed by atoms with Crippen molar-refractivity contribution in [2.45, 2.75) is 38.2 Å². The van der Waals surface area contributed by atoms with Gasteiger partial charge in [-0.05, 0) is 49.1 Å². The van der Waals surface area contributed by atoms with Crippen LogP contribution in [-0.2, 0) is 14.3 Å². The van der Waals surface area contributed by atoms with E-state index in [-0.39, 0.29) is 60.9 Å². The van der Waals surface area contributed by atoms with Gasteiger partial charge in [-0.1, -0.05) is 18.0 Å². The van der Waals surface area contributed by atoms with Gasteiger partial charge < -0.3 is 20.3 Å². The number of anilines is 2. The summed E-state index contributed by atoms with van der Waals surface area (Å²) in [5, 5.41) is 5.06. The van der Waals surface area contributed by atoms with Crippen molar-refractivity contribution in [2.24, 2.45) is 5.92 Å². The minimum atomic E-state index is -3.00. The van der Waals surface area contributed by atoms with Crippen LogP contribution in [0, 0.1) is 5.92 Å². The number of morpholine rings is 1. The molecule has 0 spiro atoms. The van der Waals surface area contributed by atoms with Gasteiger partial charge in [-0.3, -0.25) is 19.3 Å². The molecule has 1 aliphatic carbocycles. The van der Waals surface area contributed by atoms with E-state index in [1.54, 1.807) is 0 Å². The predicted octanol–water partition coefficient (Wildman–Crippen LogP) is 4.81. The Morgan fingerprint density at radius 1 is 1.18 bits per heavy atom. The number of rotatable bonds is 12. The summed E-state index contributed by atoms with van der Waals surface area (Å²) in [6, 6.07) is 5.56. The van der Waals surface area contributed by atoms with Crippen LogP contribution in [0.3, 0.4) is 0 Å². The van der Waals surface area contributed by atoms with Crippen molar-refractivity contribution in [1.82, 2.24) is 10.2 Å². The molecule has 218 valence electrons. The minimum absolute atomic E-state index is 0.114. The Morgan fingerprint density at radius 3 is 2.55 bits per heavy atom. The highest BCUT2D eigenvalue weighted by Gasteiger charge is 2.33. The molecule has 3 amide bonds. The number of ether oxygens (including phenoxy) is 1. The first-order valence-corrected chi connectivity index (χ1v) is 14.0. The van der Waals surface area contributed by atoms with Gasteiger partial charge in [0.15, 0.2) is 0 Å². The number of alkyl halides is 4. The molecule has 40 heavy (non-hydrogen) atoms. The molecule has 1 saturated heterocycles. The molecular formula is C26H29ClF4N4O4S. The normalized spacial score (nSPS) is 16.9. The summed E-state index contributed by atoms with van der Waals surface area (Å²) in [6.45, 7) is -0.592. The summed E-state index contributed by atoms with van der Waals surface area (Å²) in [5.41, 5.74) is -0.517. The molecule has 2 aromatic rings. The Kier molecular flexibility index (Phi) is 10.4. The summed E-state index contributed by atoms with van der Waals surface area (Å²) in [5.74, 6) is -1.63. The molecule has 8 nitrogen and oxygen atoms in total. The van der Waals surface area contributed by atoms with E-state index in [0.717, 1.165) is 36.7 Å². The van der Waals surface area contributed by atoms with E-state index in [0.29, 0.717) is 4.34 Å². The average molecular weight is 605 g/mol. The number of carbonyl (C=O) groups is 3. The van der Waals surface area contributed by atoms with Crippen molar-refractivity contribution >= 4 is 52.0 Å². The maximum atomic E-state index is 14.1. The lowest BCUT2D eigenvalue weighted by atomic mass is 9.85. The Bertz CT molecular complexity index is 1210. The van der Waals surface area contributed by atoms with Gasteiger partial charge in [0, 0.05) is 36.6 Å². The minimum Gasteiger partial charge on any atom is -0.370 e. The fraction of sp³-hybridized carbons (Fsp3) is 0.500. The van der Waals surface area contributed by atoms with Gasteiger partial charge in [0.25, 0.3) is 24.7 Å². The van der Waals surface area contributed by atoms with E-state index in [9.17, 15) is 31.9 Å². The van der Waals surface area contributed by atoms with Crippen LogP contribution in [0.1, 0.15) is 40.9 Å². The highest BCUT2D eigenvalue weighted by Crippen LogP contribution is 2.33. The highest BCUT2D eigenvalue weighted by atomic mass is 35.5. The molecule has 2 fully saturated rings. The Morgan fingerprint density at radius 2 is 1.95 bits per heavy atom. The molecule has 2 heterocycles. The molecule has 4 rings (SSSR count). The monoisotopic (exact) mass is 604 g/mol. The third-order valence-electron chi connectivity index (χ3n) is 6.91. The zero-order chi connectivity index (χ0) is 28.8. The van der Waals surface area contributed by atoms with E-state index in [1.165, 1.54) is 34.1 Å². The van der Waals surface area contributed by atoms with Crippen LogP contribution in [0.5, 0.6) is 0 Å². The number of hydrogen-bond donors (Lipinski definition) is 2. The molecule has 1 aromatic heterocycles. The van der Waals surface area contributed by atoms with Crippen LogP contribution >= 0.6 is 22.9 Å². The second kappa shape index (κ2) is 13.7. The summed E-state index contributed by atoms with van der Waals surface area (Å²) >= 11 is 6.92. The standard InChI is InChI=1S/C26H29ClF4N4O4S/c27-21-7-6-20(40-21)26(38)32-11-19(34(13-22(28)29)12-15-2-1-3-15)25(37)33-18-5-4-16(10-17(18)24(30)31)35-8-9-39-14-23(35)36/h4-7,10,15,19,22,24H,1-3,8-9,11-14H2,(H,32,38)(H,33,37)/t19-/m1/s1. The van der Waals surface area contributed by atoms with Crippen molar-refractivity contribution in [2.75, 3.05) is 49.6 Å². The van der Waals surface area contributed by atoms with Crippen LogP contribution in [0.4, 0.5) is 28.9 Å². The second-order valence-electron chi connectivity index (χ2n) is 9.63. The number of amides is 3. The van der Waals surface area contributed by atoms with E-state index in [1.807, 2.05) is 0 Å². The van der Waals surface area contributed by atoms with Gasteiger partial charge in [0.1, 0.15) is 12.6 Å². The topological polar surface area (TPSA) is 91.0 Å². The summed E-state index contributed by atoms with van der Waals surface area (Å²) in [7, 11) is 0. The Hall–Kier alpha value is -2.74. The van der Waals surface area contributed by atoms with E-state index in [4.69, 9.17) is 16.3 Å². The highest BCUT2D eigenvalue weighted by molar-refractivity contribution is 7.18. The zero-order valence-electron chi connectivity index (χ0n) is 21.4. The molecule has 2 aliphatic rings. The number of halogens is 5. The molecule has 1 aromatic carbocycles. The zero-order valence-corrected chi connectivity index (χ0v) is 23.0. The number of nitrogens with one attached hydrogen (secondary N) is 2. The van der Waals surface area contributed by atoms with Gasteiger partial charge in [-0.25, -0.2) is 17.6 Å². The van der Waals surface area contributed by atoms with Crippen molar-refractivity contribution < 1.29 is 36.7 Å². The lowest BCUT2D eigenvalue weighted by Gasteiger charge is -2.36. The maximum Gasteiger partial charge on any atom is 0.265 e. The molecule has 1 aliphatic heterocycles. The maximum absolute atomic E-state index is 14.1. The Labute approximate surface area is 237 Å². The summed E-state index contributed by atoms with van der Waals surface area (Å²) < 4.78 is 60.8. The lowest BCUT2D eigenvalue weighted by molar-refractivity contribution is -0.125. The molecule has 1 atom stereocenters. The number of carbonyl (C=O) groups excluding carboxylic acids is 3. The molecule has 0 bridgehead atoms. The average Bonchev–Trinajstić information content (AvgIpc) is 3.32. The number of thiophene rings is 1. The summed E-state index contributed by atoms with van der Waals surface area (Å²) in [4.78, 5) is 41.2. The van der Waals surface area contributed by atoms with E-state index >= 15 is 0 Å². The summed E-state index contributed by atoms with van der Waals surface area (Å²) in [6.07, 6.45) is -3.16. The predicted molar refractivity (Wildman–Crippen MR) is 144 cm³/mol. The lowest BCUT2D eigenvalue weighted by Crippen LogP contribution is -2.54. The van der Waals surface area contributed by atoms with Crippen molar-refractivity contribution in [3.05, 3.63) is 45.1 Å². The van der Waals surface area contributed by atoms with E-state index < -0.39 is 42.8 Å². The fourth-order valence-corrected chi connectivity index (χ4v) is 5.59. The van der Waals surface area contributed by atoms with Gasteiger partial charge in [0.2, 0.25) is 5.91 Å². The first-order valence-electron chi connectivity index (χ1n) is 12.8. The molecule has 14 heteroatoms. The van der Waals surface area contributed by atoms with Gasteiger partial charge >= 0.3 is 0 Å². The van der Waals surface area contributed by atoms with Crippen LogP contribution in [0.2, 0.25) is 4.34 Å². The quantitative estimate of drug-likeness (QED) is 0.340. The molecular weight excluding hydrogens is 576 g/mol. The van der Waals surface area contributed by atoms with Gasteiger partial charge in [-0.15, -0.1) is 11.3 Å². The number of nitrogens with zero attached hydrogens (tertiary/aromatic N) is 2. The fourth-order valence-electron chi connectivity index (χ4n) is 4.63. The molecule has 1 saturated carbocycles. The van der Waals surface area contributed by atoms with Crippen LogP contribution in [-0.4, -0.2) is 74.5 Å². The SMILES string of the molecule is O=C(NC[C@H](C(=O)Nc1ccc(N2CCOCC2=O)cc1C(F)F)N(CC(F)F)CC1CCC1)c1ccc(Cl)s1. The third-order valence-corrected chi connectivity index (χ3v) is 8.14. The van der Waals surface area contributed by atoms with Crippen molar-refractivity contribution in [1.29, 1.82) is 0 Å². The van der Waals surface area contributed by atoms with Crippen LogP contribution < -0.4 is 15.5 Å². The largest absolute Gasteiger partial charge is 0.370 e. The Balaban J connectivity index is 1.57. The molecule has 0 radical (unpaired) electrons. The van der Waals surface area contributed by atoms with Crippen LogP contribution in [0.15, 0.2) is 30.3 Å². The number of benzene rings is 1. The molecule has 2 N–H and O–H groups in total. The van der Waals surface area contributed by atoms with E-state index in [2.05, 4.69) is 10.6 Å². The smallest absolute Gasteiger partial charge is 0.265 e. The first-order chi connectivity index (χ1) is 19.1. The van der Waals surface area contributed by atoms with Gasteiger partial charge in [0.05, 0.1) is 22.4 Å². The number of hydrogen-bond acceptors (Lipinski definition) is 6. The van der Waals surface area contributed by atoms with Crippen molar-refractivity contribution in [3.63, 3.8) is 0 Å². The second-order valence-corrected chi connectivity index (χ2v) is 11.3. The first kappa shape index (κ1) is 30.2. The molecule has 0 unspecified atom stereocenters. The van der Waals surface area contributed by atoms with Crippen molar-refractivity contribution in [3.8, 4) is 0 Å². The third kappa shape index (κ3) is 7.71. The van der Waals surface area contributed by atoms with Crippen LogP contribution in [0.25, 0.3) is 0 Å². The van der Waals surface area contributed by atoms with Gasteiger partial charge in [-0.2, -0.15) is 0 Å².